The fourth-order valence-corrected chi connectivity index (χ4v) is 14.0. The van der Waals surface area contributed by atoms with E-state index in [0.29, 0.717) is 12.6 Å². The second kappa shape index (κ2) is 13.3. The number of nitrogens with two attached hydrogens (primary N) is 1. The Labute approximate surface area is 251 Å². The molecule has 3 amide bonds. The number of hydrogen-bond donors (Lipinski definition) is 3. The van der Waals surface area contributed by atoms with Crippen LogP contribution in [-0.4, -0.2) is 70.0 Å². The molecule has 0 radical (unpaired) electrons. The first-order valence-electron chi connectivity index (χ1n) is 13.3. The van der Waals surface area contributed by atoms with E-state index in [2.05, 4.69) is 57.2 Å². The number of benzene rings is 3. The van der Waals surface area contributed by atoms with Crippen LogP contribution in [0, 0.1) is 0 Å². The summed E-state index contributed by atoms with van der Waals surface area (Å²) in [6.07, 6.45) is 1.31. The summed E-state index contributed by atoms with van der Waals surface area (Å²) in [4.78, 5) is 50.1. The first-order valence-corrected chi connectivity index (χ1v) is 18.7. The molecular formula is C30H33BrN3O5PS. The number of likely N-dealkylation sites (tertiary alicyclic amines) is 1. The van der Waals surface area contributed by atoms with Gasteiger partial charge in [0.25, 0.3) is 0 Å². The molecule has 1 fully saturated rings. The molecule has 4 rings (SSSR count). The zero-order chi connectivity index (χ0) is 29.5. The van der Waals surface area contributed by atoms with Gasteiger partial charge in [-0.1, -0.05) is 0 Å². The summed E-state index contributed by atoms with van der Waals surface area (Å²) in [5, 5.41) is 10.6. The minimum absolute atomic E-state index is 0.0426. The van der Waals surface area contributed by atoms with Crippen molar-refractivity contribution in [1.29, 1.82) is 0 Å². The number of aliphatic carboxylic acids is 1. The van der Waals surface area contributed by atoms with E-state index < -0.39 is 35.0 Å². The first-order chi connectivity index (χ1) is 19.6. The second-order valence-electron chi connectivity index (χ2n) is 9.89. The molecule has 216 valence electrons. The van der Waals surface area contributed by atoms with Gasteiger partial charge in [-0.05, 0) is 0 Å². The van der Waals surface area contributed by atoms with Gasteiger partial charge in [0, 0.05) is 0 Å². The number of rotatable bonds is 13. The van der Waals surface area contributed by atoms with Crippen molar-refractivity contribution in [3.8, 4) is 0 Å². The molecule has 0 aromatic heterocycles. The summed E-state index contributed by atoms with van der Waals surface area (Å²) in [5.41, 5.74) is 5.87. The Morgan fingerprint density at radius 2 is 1.44 bits per heavy atom. The van der Waals surface area contributed by atoms with Crippen LogP contribution in [0.3, 0.4) is 0 Å². The zero-order valence-corrected chi connectivity index (χ0v) is 25.7. The molecule has 1 aliphatic heterocycles. The normalized spacial score (nSPS) is 17.1. The third kappa shape index (κ3) is 6.56. The minimum atomic E-state index is -3.18. The maximum absolute atomic E-state index is 13.2. The van der Waals surface area contributed by atoms with Crippen molar-refractivity contribution in [2.45, 2.75) is 24.1 Å². The topological polar surface area (TPSA) is 130 Å². The van der Waals surface area contributed by atoms with Gasteiger partial charge >= 0.3 is 243 Å². The standard InChI is InChI=1S/C30H33BrN3O5PS/c31-40(22-11-4-1-5-12-22,23-13-6-2-7-14-23,24-15-8-3-9-16-24)18-10-17-34-27(35)19-26(30(34)39)41-21-25(32)29(38)33-20-28(36)37/h1-9,11-16,25-26H,10,17-21,32H2,(H,33,38)(H,36,37). The van der Waals surface area contributed by atoms with Crippen LogP contribution in [0.4, 0.5) is 0 Å². The van der Waals surface area contributed by atoms with Gasteiger partial charge in [-0.25, -0.2) is 0 Å². The molecule has 2 unspecified atom stereocenters. The van der Waals surface area contributed by atoms with E-state index in [1.165, 1.54) is 20.8 Å². The van der Waals surface area contributed by atoms with E-state index in [1.807, 2.05) is 54.6 Å². The molecule has 0 spiro atoms. The van der Waals surface area contributed by atoms with Gasteiger partial charge in [-0.2, -0.15) is 0 Å². The second-order valence-corrected chi connectivity index (χ2v) is 20.2. The number of carboxylic acids is 1. The number of nitrogens with zero attached hydrogens (tertiary/aromatic N) is 1. The molecule has 41 heavy (non-hydrogen) atoms. The van der Waals surface area contributed by atoms with Gasteiger partial charge in [0.05, 0.1) is 0 Å². The first kappa shape index (κ1) is 30.9. The number of carboxylic acid groups (broad SMARTS) is 1. The van der Waals surface area contributed by atoms with E-state index in [9.17, 15) is 19.2 Å². The van der Waals surface area contributed by atoms with Crippen LogP contribution in [0.15, 0.2) is 91.0 Å². The van der Waals surface area contributed by atoms with Crippen molar-refractivity contribution >= 4 is 72.2 Å². The number of carbonyl (C=O) groups is 4. The van der Waals surface area contributed by atoms with Crippen molar-refractivity contribution in [2.24, 2.45) is 5.73 Å². The van der Waals surface area contributed by atoms with E-state index in [4.69, 9.17) is 10.8 Å². The van der Waals surface area contributed by atoms with Crippen LogP contribution in [0.2, 0.25) is 0 Å². The van der Waals surface area contributed by atoms with Crippen molar-refractivity contribution in [3.05, 3.63) is 91.0 Å². The number of nitrogens with one attached hydrogen (secondary N) is 1. The molecular weight excluding hydrogens is 625 g/mol. The zero-order valence-electron chi connectivity index (χ0n) is 22.4. The fourth-order valence-electron chi connectivity index (χ4n) is 5.18. The Kier molecular flexibility index (Phi) is 10.0. The molecule has 4 N–H and O–H groups in total. The molecule has 3 aromatic rings. The van der Waals surface area contributed by atoms with Crippen molar-refractivity contribution in [1.82, 2.24) is 10.2 Å². The van der Waals surface area contributed by atoms with Crippen LogP contribution < -0.4 is 27.0 Å². The SMILES string of the molecule is NC(CSC1CC(=O)N(CCCP(Br)(c2ccccc2)(c2ccccc2)c2ccccc2)C1=O)C(=O)NCC(=O)O. The summed E-state index contributed by atoms with van der Waals surface area (Å²) < 4.78 is 0. The van der Waals surface area contributed by atoms with Gasteiger partial charge in [0.15, 0.2) is 0 Å². The van der Waals surface area contributed by atoms with Gasteiger partial charge in [-0.15, -0.1) is 0 Å². The van der Waals surface area contributed by atoms with Gasteiger partial charge in [0.1, 0.15) is 0 Å². The minimum Gasteiger partial charge on any atom is -0.480 e. The third-order valence-electron chi connectivity index (χ3n) is 7.27. The number of halogens is 1. The van der Waals surface area contributed by atoms with E-state index in [1.54, 1.807) is 0 Å². The number of carbonyl (C=O) groups excluding carboxylic acids is 3. The maximum atomic E-state index is 13.2. The molecule has 8 nitrogen and oxygen atoms in total. The Morgan fingerprint density at radius 1 is 0.951 bits per heavy atom. The van der Waals surface area contributed by atoms with Crippen molar-refractivity contribution in [3.63, 3.8) is 0 Å². The summed E-state index contributed by atoms with van der Waals surface area (Å²) >= 11 is 5.55. The Balaban J connectivity index is 1.52. The fraction of sp³-hybridized carbons (Fsp3) is 0.267. The van der Waals surface area contributed by atoms with Crippen LogP contribution >= 0.6 is 32.6 Å². The van der Waals surface area contributed by atoms with Crippen LogP contribution in [0.25, 0.3) is 0 Å². The molecule has 0 saturated carbocycles. The monoisotopic (exact) mass is 657 g/mol. The summed E-state index contributed by atoms with van der Waals surface area (Å²) in [7, 11) is 0. The smallest absolute Gasteiger partial charge is 0.480 e. The number of amides is 3. The number of hydrogen-bond acceptors (Lipinski definition) is 6. The Hall–Kier alpha value is -3.04. The van der Waals surface area contributed by atoms with E-state index in [-0.39, 0.29) is 30.5 Å². The Morgan fingerprint density at radius 3 is 1.90 bits per heavy atom. The number of thioether (sulfide) groups is 1. The Bertz CT molecular complexity index is 1300. The van der Waals surface area contributed by atoms with E-state index in [0.717, 1.165) is 11.8 Å². The van der Waals surface area contributed by atoms with Crippen LogP contribution in [-0.2, 0) is 19.2 Å². The average molecular weight is 659 g/mol. The summed E-state index contributed by atoms with van der Waals surface area (Å²) in [6, 6.07) is 30.0. The molecule has 3 aromatic carbocycles. The van der Waals surface area contributed by atoms with Crippen molar-refractivity contribution in [2.75, 3.05) is 25.0 Å². The van der Waals surface area contributed by atoms with Gasteiger partial charge in [-0.3, -0.25) is 4.79 Å². The third-order valence-corrected chi connectivity index (χ3v) is 18.6. The van der Waals surface area contributed by atoms with Crippen molar-refractivity contribution < 1.29 is 24.3 Å². The quantitative estimate of drug-likeness (QED) is 0.190. The molecule has 0 bridgehead atoms. The molecule has 1 heterocycles. The van der Waals surface area contributed by atoms with Gasteiger partial charge < -0.3 is 5.11 Å². The molecule has 1 saturated heterocycles. The summed E-state index contributed by atoms with van der Waals surface area (Å²) in [6.45, 7) is -0.255. The molecule has 2 atom stereocenters. The predicted octanol–water partition coefficient (Wildman–Crippen LogP) is 2.61. The average Bonchev–Trinajstić information content (AvgIpc) is 3.27. The van der Waals surface area contributed by atoms with Crippen LogP contribution in [0.5, 0.6) is 0 Å². The van der Waals surface area contributed by atoms with Gasteiger partial charge in [0.2, 0.25) is 0 Å². The number of imide groups is 1. The molecule has 0 aliphatic carbocycles. The molecule has 1 aliphatic rings. The van der Waals surface area contributed by atoms with Crippen LogP contribution in [0.1, 0.15) is 12.8 Å². The van der Waals surface area contributed by atoms with E-state index >= 15 is 0 Å². The predicted molar refractivity (Wildman–Crippen MR) is 170 cm³/mol. The summed E-state index contributed by atoms with van der Waals surface area (Å²) in [5.74, 6) is -2.22. The molecule has 11 heteroatoms.